The van der Waals surface area contributed by atoms with Gasteiger partial charge in [-0.2, -0.15) is 0 Å². The predicted octanol–water partition coefficient (Wildman–Crippen LogP) is 0.828. The van der Waals surface area contributed by atoms with E-state index in [9.17, 15) is 0 Å². The zero-order valence-electron chi connectivity index (χ0n) is 4.52. The van der Waals surface area contributed by atoms with E-state index in [2.05, 4.69) is 0 Å². The van der Waals surface area contributed by atoms with Crippen LogP contribution in [0, 0.1) is 6.10 Å². The van der Waals surface area contributed by atoms with Crippen LogP contribution in [0.1, 0.15) is 19.3 Å². The minimum Gasteiger partial charge on any atom is -0.336 e. The van der Waals surface area contributed by atoms with Gasteiger partial charge in [0.1, 0.15) is 6.10 Å². The minimum atomic E-state index is -0.0712. The third-order valence-electron chi connectivity index (χ3n) is 2.18. The van der Waals surface area contributed by atoms with Gasteiger partial charge in [0.25, 0.3) is 0 Å². The van der Waals surface area contributed by atoms with Gasteiger partial charge in [0, 0.05) is 0 Å². The number of ether oxygens (including phenoxy) is 2. The highest BCUT2D eigenvalue weighted by Crippen LogP contribution is 2.66. The molecule has 2 saturated heterocycles. The van der Waals surface area contributed by atoms with E-state index in [4.69, 9.17) is 9.47 Å². The van der Waals surface area contributed by atoms with Gasteiger partial charge in [0.2, 0.25) is 5.79 Å². The quantitative estimate of drug-likeness (QED) is 0.432. The topological polar surface area (TPSA) is 25.1 Å². The summed E-state index contributed by atoms with van der Waals surface area (Å²) in [6.07, 6.45) is 5.31. The second kappa shape index (κ2) is 0.847. The molecule has 0 bridgehead atoms. The number of epoxide rings is 2. The number of hydrogen-bond donors (Lipinski definition) is 0. The molecule has 0 N–H and O–H groups in total. The fourth-order valence-electron chi connectivity index (χ4n) is 1.59. The summed E-state index contributed by atoms with van der Waals surface area (Å²) in [5.41, 5.74) is 0. The van der Waals surface area contributed by atoms with Crippen LogP contribution in [0.4, 0.5) is 0 Å². The molecular weight excluding hydrogens is 104 g/mol. The predicted molar refractivity (Wildman–Crippen MR) is 25.8 cm³/mol. The highest BCUT2D eigenvalue weighted by Gasteiger charge is 2.78. The van der Waals surface area contributed by atoms with Crippen LogP contribution in [0.3, 0.4) is 0 Å². The van der Waals surface area contributed by atoms with E-state index >= 15 is 0 Å². The molecule has 2 unspecified atom stereocenters. The molecule has 0 aromatic heterocycles. The molecule has 1 aliphatic carbocycles. The fraction of sp³-hybridized carbons (Fsp3) is 0.833. The van der Waals surface area contributed by atoms with Crippen LogP contribution in [0.25, 0.3) is 0 Å². The SMILES string of the molecule is C1C[C]2OC23OC3C1. The summed E-state index contributed by atoms with van der Waals surface area (Å²) < 4.78 is 10.5. The third kappa shape index (κ3) is 0.250. The molecule has 0 aromatic carbocycles. The van der Waals surface area contributed by atoms with E-state index in [1.165, 1.54) is 18.9 Å². The van der Waals surface area contributed by atoms with Crippen molar-refractivity contribution in [1.82, 2.24) is 0 Å². The molecule has 2 nitrogen and oxygen atoms in total. The summed E-state index contributed by atoms with van der Waals surface area (Å²) in [6, 6.07) is 0. The van der Waals surface area contributed by atoms with Crippen molar-refractivity contribution in [2.24, 2.45) is 0 Å². The number of hydrogen-bond acceptors (Lipinski definition) is 2. The number of rotatable bonds is 0. The summed E-state index contributed by atoms with van der Waals surface area (Å²) in [7, 11) is 0. The Labute approximate surface area is 47.8 Å². The van der Waals surface area contributed by atoms with Crippen molar-refractivity contribution in [2.75, 3.05) is 0 Å². The van der Waals surface area contributed by atoms with E-state index in [1.54, 1.807) is 0 Å². The molecule has 1 saturated carbocycles. The van der Waals surface area contributed by atoms with Gasteiger partial charge in [0.15, 0.2) is 6.10 Å². The lowest BCUT2D eigenvalue weighted by Crippen LogP contribution is -2.01. The summed E-state index contributed by atoms with van der Waals surface area (Å²) in [4.78, 5) is 0. The van der Waals surface area contributed by atoms with Gasteiger partial charge in [-0.1, -0.05) is 0 Å². The second-order valence-electron chi connectivity index (χ2n) is 2.69. The van der Waals surface area contributed by atoms with E-state index in [-0.39, 0.29) is 5.79 Å². The van der Waals surface area contributed by atoms with Crippen LogP contribution in [-0.2, 0) is 9.47 Å². The van der Waals surface area contributed by atoms with Gasteiger partial charge >= 0.3 is 0 Å². The maximum absolute atomic E-state index is 5.28. The molecule has 0 amide bonds. The van der Waals surface area contributed by atoms with E-state index in [1.807, 2.05) is 0 Å². The van der Waals surface area contributed by atoms with Crippen LogP contribution >= 0.6 is 0 Å². The maximum Gasteiger partial charge on any atom is 0.229 e. The lowest BCUT2D eigenvalue weighted by Gasteiger charge is -1.94. The highest BCUT2D eigenvalue weighted by molar-refractivity contribution is 5.26. The zero-order valence-corrected chi connectivity index (χ0v) is 4.52. The van der Waals surface area contributed by atoms with Crippen LogP contribution in [-0.4, -0.2) is 11.9 Å². The summed E-state index contributed by atoms with van der Waals surface area (Å²) in [6.45, 7) is 0. The summed E-state index contributed by atoms with van der Waals surface area (Å²) in [5.74, 6) is -0.0712. The Morgan fingerprint density at radius 1 is 1.62 bits per heavy atom. The monoisotopic (exact) mass is 111 g/mol. The smallest absolute Gasteiger partial charge is 0.229 e. The summed E-state index contributed by atoms with van der Waals surface area (Å²) in [5, 5.41) is 0. The lowest BCUT2D eigenvalue weighted by molar-refractivity contribution is 0.247. The van der Waals surface area contributed by atoms with Crippen molar-refractivity contribution in [3.8, 4) is 0 Å². The molecule has 1 radical (unpaired) electrons. The molecule has 43 valence electrons. The molecular formula is C6H7O2. The van der Waals surface area contributed by atoms with Gasteiger partial charge in [-0.15, -0.1) is 0 Å². The van der Waals surface area contributed by atoms with Crippen molar-refractivity contribution in [1.29, 1.82) is 0 Å². The Hall–Kier alpha value is -0.0800. The van der Waals surface area contributed by atoms with E-state index in [0.29, 0.717) is 6.10 Å². The van der Waals surface area contributed by atoms with Gasteiger partial charge in [0.05, 0.1) is 0 Å². The normalized spacial score (nSPS) is 59.2. The lowest BCUT2D eigenvalue weighted by atomic mass is 10.0. The average molecular weight is 111 g/mol. The Morgan fingerprint density at radius 3 is 3.38 bits per heavy atom. The zero-order chi connectivity index (χ0) is 5.19. The van der Waals surface area contributed by atoms with Crippen LogP contribution in [0.2, 0.25) is 0 Å². The van der Waals surface area contributed by atoms with E-state index in [0.717, 1.165) is 6.42 Å². The second-order valence-corrected chi connectivity index (χ2v) is 2.69. The first kappa shape index (κ1) is 3.85. The first-order valence-electron chi connectivity index (χ1n) is 3.15. The molecule has 3 rings (SSSR count). The first-order valence-corrected chi connectivity index (χ1v) is 3.15. The van der Waals surface area contributed by atoms with Crippen molar-refractivity contribution in [3.05, 3.63) is 6.10 Å². The summed E-state index contributed by atoms with van der Waals surface area (Å²) >= 11 is 0. The molecule has 1 spiro atoms. The molecule has 2 aliphatic heterocycles. The molecule has 0 aromatic rings. The van der Waals surface area contributed by atoms with Gasteiger partial charge in [-0.05, 0) is 19.3 Å². The molecule has 8 heavy (non-hydrogen) atoms. The Balaban J connectivity index is 1.95. The van der Waals surface area contributed by atoms with Crippen molar-refractivity contribution < 1.29 is 9.47 Å². The fourth-order valence-corrected chi connectivity index (χ4v) is 1.59. The average Bonchev–Trinajstić information content (AvgIpc) is 2.45. The van der Waals surface area contributed by atoms with Crippen LogP contribution in [0.5, 0.6) is 0 Å². The molecule has 3 fully saturated rings. The standard InChI is InChI=1S/C6H7O2/c1-2-4-6(7-4)5(3-1)8-6/h4H,1-3H2. The molecule has 2 heterocycles. The Morgan fingerprint density at radius 2 is 2.62 bits per heavy atom. The van der Waals surface area contributed by atoms with Gasteiger partial charge in [-0.3, -0.25) is 0 Å². The first-order chi connectivity index (χ1) is 3.92. The largest absolute Gasteiger partial charge is 0.336 e. The van der Waals surface area contributed by atoms with Crippen molar-refractivity contribution >= 4 is 0 Å². The van der Waals surface area contributed by atoms with Crippen molar-refractivity contribution in [2.45, 2.75) is 31.2 Å². The van der Waals surface area contributed by atoms with Gasteiger partial charge < -0.3 is 9.47 Å². The minimum absolute atomic E-state index is 0.0712. The van der Waals surface area contributed by atoms with Crippen molar-refractivity contribution in [3.63, 3.8) is 0 Å². The highest BCUT2D eigenvalue weighted by atomic mass is 16.9. The van der Waals surface area contributed by atoms with Crippen LogP contribution < -0.4 is 0 Å². The molecule has 3 aliphatic rings. The Bertz CT molecular complexity index is 123. The van der Waals surface area contributed by atoms with Gasteiger partial charge in [-0.25, -0.2) is 0 Å². The van der Waals surface area contributed by atoms with Crippen LogP contribution in [0.15, 0.2) is 0 Å². The third-order valence-corrected chi connectivity index (χ3v) is 2.18. The molecule has 2 heteroatoms. The van der Waals surface area contributed by atoms with E-state index < -0.39 is 0 Å². The molecule has 2 atom stereocenters. The maximum atomic E-state index is 5.28. The Kier molecular flexibility index (Phi) is 0.408.